The standard InChI is InChI=1S/C34H51IN6O3SSi2/c1-33(2,3)46(8,9)43-28-25(19-45-18-24-27(39-21-40(24)7)22-15-13-12-14-16-22)42-32(29(28)44-47(10,11)34(4,5)6)41-17-23(35)26-30(36)37-20-38-31(26)41/h12-17,20-21,25,28-29,32H,18-19H2,1-11H3,(H2,36,37,38)/t25-,28-,29-,32-/m1/s1. The Hall–Kier alpha value is -1.76. The lowest BCUT2D eigenvalue weighted by Crippen LogP contribution is -2.53. The average Bonchev–Trinajstić information content (AvgIpc) is 3.61. The highest BCUT2D eigenvalue weighted by Crippen LogP contribution is 2.47. The monoisotopic (exact) mass is 806 g/mol. The number of nitrogen functional groups attached to an aromatic ring is 1. The summed E-state index contributed by atoms with van der Waals surface area (Å²) < 4.78 is 27.0. The van der Waals surface area contributed by atoms with Crippen molar-refractivity contribution in [1.29, 1.82) is 0 Å². The van der Waals surface area contributed by atoms with Crippen molar-refractivity contribution in [1.82, 2.24) is 24.1 Å². The van der Waals surface area contributed by atoms with Gasteiger partial charge in [-0.3, -0.25) is 0 Å². The second-order valence-corrected chi connectivity index (χ2v) is 27.3. The molecular formula is C34H51IN6O3SSi2. The highest BCUT2D eigenvalue weighted by molar-refractivity contribution is 14.1. The van der Waals surface area contributed by atoms with Gasteiger partial charge < -0.3 is 28.5 Å². The van der Waals surface area contributed by atoms with Crippen LogP contribution in [0.5, 0.6) is 0 Å². The molecule has 0 bridgehead atoms. The molecule has 47 heavy (non-hydrogen) atoms. The minimum atomic E-state index is -2.27. The van der Waals surface area contributed by atoms with E-state index in [0.717, 1.165) is 37.4 Å². The van der Waals surface area contributed by atoms with Crippen LogP contribution in [-0.4, -0.2) is 64.8 Å². The fraction of sp³-hybridized carbons (Fsp3) is 0.559. The molecule has 2 N–H and O–H groups in total. The number of aryl methyl sites for hydroxylation is 1. The summed E-state index contributed by atoms with van der Waals surface area (Å²) in [6.07, 6.45) is 4.24. The zero-order chi connectivity index (χ0) is 34.5. The average molecular weight is 807 g/mol. The van der Waals surface area contributed by atoms with Crippen molar-refractivity contribution in [3.05, 3.63) is 58.4 Å². The van der Waals surface area contributed by atoms with Gasteiger partial charge in [0.15, 0.2) is 22.9 Å². The van der Waals surface area contributed by atoms with Gasteiger partial charge in [-0.25, -0.2) is 15.0 Å². The molecule has 0 amide bonds. The Labute approximate surface area is 300 Å². The highest BCUT2D eigenvalue weighted by atomic mass is 127. The van der Waals surface area contributed by atoms with Gasteiger partial charge in [-0.15, -0.1) is 0 Å². The Kier molecular flexibility index (Phi) is 10.5. The third-order valence-corrected chi connectivity index (χ3v) is 21.1. The molecule has 1 aliphatic rings. The number of halogens is 1. The minimum Gasteiger partial charge on any atom is -0.408 e. The molecule has 0 spiro atoms. The van der Waals surface area contributed by atoms with Crippen LogP contribution in [0.4, 0.5) is 5.82 Å². The number of anilines is 1. The van der Waals surface area contributed by atoms with E-state index in [1.807, 2.05) is 24.2 Å². The van der Waals surface area contributed by atoms with Crippen molar-refractivity contribution in [2.75, 3.05) is 11.5 Å². The second kappa shape index (κ2) is 13.5. The molecule has 1 aromatic carbocycles. The summed E-state index contributed by atoms with van der Waals surface area (Å²) in [7, 11) is -2.45. The Morgan fingerprint density at radius 1 is 0.936 bits per heavy atom. The molecule has 0 unspecified atom stereocenters. The van der Waals surface area contributed by atoms with Gasteiger partial charge in [0.25, 0.3) is 0 Å². The molecule has 13 heteroatoms. The first-order chi connectivity index (χ1) is 21.8. The van der Waals surface area contributed by atoms with E-state index in [1.54, 1.807) is 0 Å². The summed E-state index contributed by atoms with van der Waals surface area (Å²) in [4.78, 5) is 13.7. The molecule has 0 aliphatic carbocycles. The topological polar surface area (TPSA) is 102 Å². The Balaban J connectivity index is 1.54. The van der Waals surface area contributed by atoms with Gasteiger partial charge in [-0.2, -0.15) is 11.8 Å². The molecule has 256 valence electrons. The maximum atomic E-state index is 7.36. The Morgan fingerprint density at radius 3 is 2.17 bits per heavy atom. The fourth-order valence-electron chi connectivity index (χ4n) is 5.36. The fourth-order valence-corrected chi connectivity index (χ4v) is 9.93. The number of fused-ring (bicyclic) bond motifs is 1. The highest BCUT2D eigenvalue weighted by Gasteiger charge is 2.54. The number of hydrogen-bond donors (Lipinski definition) is 1. The van der Waals surface area contributed by atoms with Gasteiger partial charge in [0, 0.05) is 33.9 Å². The number of benzene rings is 1. The predicted molar refractivity (Wildman–Crippen MR) is 208 cm³/mol. The third-order valence-electron chi connectivity index (χ3n) is 10.3. The van der Waals surface area contributed by atoms with E-state index >= 15 is 0 Å². The van der Waals surface area contributed by atoms with Crippen LogP contribution >= 0.6 is 34.4 Å². The zero-order valence-electron chi connectivity index (χ0n) is 29.7. The van der Waals surface area contributed by atoms with Crippen LogP contribution in [0, 0.1) is 3.57 Å². The molecule has 0 saturated carbocycles. The van der Waals surface area contributed by atoms with Gasteiger partial charge in [-0.1, -0.05) is 71.9 Å². The van der Waals surface area contributed by atoms with Crippen molar-refractivity contribution in [2.45, 2.75) is 108 Å². The van der Waals surface area contributed by atoms with E-state index < -0.39 is 22.9 Å². The van der Waals surface area contributed by atoms with Gasteiger partial charge in [-0.05, 0) is 58.9 Å². The number of rotatable bonds is 10. The number of nitrogens with two attached hydrogens (primary N) is 1. The molecule has 0 radical (unpaired) electrons. The number of aromatic nitrogens is 5. The Morgan fingerprint density at radius 2 is 1.55 bits per heavy atom. The summed E-state index contributed by atoms with van der Waals surface area (Å²) in [5.41, 5.74) is 10.4. The molecule has 4 aromatic rings. The lowest BCUT2D eigenvalue weighted by atomic mass is 10.1. The summed E-state index contributed by atoms with van der Waals surface area (Å²) in [6, 6.07) is 10.4. The molecule has 1 aliphatic heterocycles. The van der Waals surface area contributed by atoms with Gasteiger partial charge in [0.1, 0.15) is 30.0 Å². The van der Waals surface area contributed by atoms with Crippen molar-refractivity contribution >= 4 is 67.8 Å². The van der Waals surface area contributed by atoms with Crippen molar-refractivity contribution < 1.29 is 13.6 Å². The third kappa shape index (κ3) is 7.41. The molecule has 3 aromatic heterocycles. The van der Waals surface area contributed by atoms with E-state index in [0.29, 0.717) is 5.82 Å². The number of ether oxygens (including phenoxy) is 1. The molecule has 1 fully saturated rings. The Bertz CT molecular complexity index is 1700. The van der Waals surface area contributed by atoms with Crippen molar-refractivity contribution in [3.8, 4) is 11.3 Å². The van der Waals surface area contributed by atoms with Crippen LogP contribution in [-0.2, 0) is 26.4 Å². The largest absolute Gasteiger partial charge is 0.408 e. The second-order valence-electron chi connectivity index (χ2n) is 15.6. The first-order valence-corrected chi connectivity index (χ1v) is 24.3. The SMILES string of the molecule is Cn1cnc(-c2ccccc2)c1CSC[C@H]1O[C@@H](n2cc(I)c3c(N)ncnc32)[C@H](O[Si](C)(C)C(C)(C)C)[C@@H]1O[Si](C)(C)C(C)(C)C. The van der Waals surface area contributed by atoms with Crippen molar-refractivity contribution in [3.63, 3.8) is 0 Å². The number of thioether (sulfide) groups is 1. The van der Waals surface area contributed by atoms with Gasteiger partial charge >= 0.3 is 0 Å². The van der Waals surface area contributed by atoms with Crippen LogP contribution < -0.4 is 5.73 Å². The van der Waals surface area contributed by atoms with E-state index in [4.69, 9.17) is 29.3 Å². The maximum absolute atomic E-state index is 7.36. The molecule has 1 saturated heterocycles. The summed E-state index contributed by atoms with van der Waals surface area (Å²) in [5, 5.41) is 0.854. The van der Waals surface area contributed by atoms with Gasteiger partial charge in [0.2, 0.25) is 0 Å². The van der Waals surface area contributed by atoms with E-state index in [1.165, 1.54) is 12.0 Å². The first kappa shape index (κ1) is 36.5. The number of nitrogens with zero attached hydrogens (tertiary/aromatic N) is 5. The minimum absolute atomic E-state index is 0.000933. The van der Waals surface area contributed by atoms with Crippen molar-refractivity contribution in [2.24, 2.45) is 7.05 Å². The van der Waals surface area contributed by atoms with Crippen LogP contribution in [0.25, 0.3) is 22.3 Å². The normalized spacial score (nSPS) is 21.2. The lowest BCUT2D eigenvalue weighted by Gasteiger charge is -2.44. The zero-order valence-corrected chi connectivity index (χ0v) is 34.6. The summed E-state index contributed by atoms with van der Waals surface area (Å²) in [5.74, 6) is 1.99. The lowest BCUT2D eigenvalue weighted by molar-refractivity contribution is -0.0244. The quantitative estimate of drug-likeness (QED) is 0.126. The van der Waals surface area contributed by atoms with Crippen LogP contribution in [0.2, 0.25) is 36.3 Å². The molecule has 9 nitrogen and oxygen atoms in total. The van der Waals surface area contributed by atoms with E-state index in [-0.39, 0.29) is 28.4 Å². The van der Waals surface area contributed by atoms with E-state index in [2.05, 4.69) is 142 Å². The maximum Gasteiger partial charge on any atom is 0.192 e. The summed E-state index contributed by atoms with van der Waals surface area (Å²) >= 11 is 4.17. The number of imidazole rings is 1. The van der Waals surface area contributed by atoms with Crippen LogP contribution in [0.15, 0.2) is 49.2 Å². The predicted octanol–water partition coefficient (Wildman–Crippen LogP) is 8.63. The molecular weight excluding hydrogens is 756 g/mol. The molecule has 4 atom stereocenters. The summed E-state index contributed by atoms with van der Waals surface area (Å²) in [6.45, 7) is 22.9. The smallest absolute Gasteiger partial charge is 0.192 e. The first-order valence-electron chi connectivity index (χ1n) is 16.2. The number of hydrogen-bond acceptors (Lipinski definition) is 8. The molecule has 5 rings (SSSR count). The van der Waals surface area contributed by atoms with Crippen LogP contribution in [0.3, 0.4) is 0 Å². The van der Waals surface area contributed by atoms with Gasteiger partial charge in [0.05, 0.1) is 29.2 Å². The van der Waals surface area contributed by atoms with E-state index in [9.17, 15) is 0 Å². The molecule has 4 heterocycles. The van der Waals surface area contributed by atoms with Crippen LogP contribution in [0.1, 0.15) is 53.5 Å².